The highest BCUT2D eigenvalue weighted by Gasteiger charge is 2.26. The van der Waals surface area contributed by atoms with E-state index in [9.17, 15) is 4.79 Å². The molecule has 64 valence electrons. The quantitative estimate of drug-likeness (QED) is 0.597. The first kappa shape index (κ1) is 8.49. The second-order valence-corrected chi connectivity index (χ2v) is 2.68. The Morgan fingerprint density at radius 1 is 1.82 bits per heavy atom. The minimum Gasteiger partial charge on any atom is -0.383 e. The number of hydrogen-bond acceptors (Lipinski definition) is 3. The SMILES string of the molecule is COCCN1CNC(C)C1=O. The fourth-order valence-corrected chi connectivity index (χ4v) is 1.08. The van der Waals surface area contributed by atoms with Gasteiger partial charge in [-0.2, -0.15) is 0 Å². The van der Waals surface area contributed by atoms with Crippen molar-refractivity contribution in [3.8, 4) is 0 Å². The molecule has 0 bridgehead atoms. The van der Waals surface area contributed by atoms with E-state index in [2.05, 4.69) is 5.32 Å². The van der Waals surface area contributed by atoms with Gasteiger partial charge < -0.3 is 9.64 Å². The van der Waals surface area contributed by atoms with Crippen molar-refractivity contribution in [2.75, 3.05) is 26.9 Å². The fraction of sp³-hybridized carbons (Fsp3) is 0.857. The third-order valence-corrected chi connectivity index (χ3v) is 1.84. The largest absolute Gasteiger partial charge is 0.383 e. The van der Waals surface area contributed by atoms with Crippen LogP contribution in [0, 0.1) is 0 Å². The van der Waals surface area contributed by atoms with E-state index < -0.39 is 0 Å². The third-order valence-electron chi connectivity index (χ3n) is 1.84. The monoisotopic (exact) mass is 158 g/mol. The maximum Gasteiger partial charge on any atom is 0.240 e. The second-order valence-electron chi connectivity index (χ2n) is 2.68. The molecule has 11 heavy (non-hydrogen) atoms. The molecule has 0 aromatic rings. The normalized spacial score (nSPS) is 24.7. The molecule has 1 atom stereocenters. The number of amides is 1. The summed E-state index contributed by atoms with van der Waals surface area (Å²) in [6.07, 6.45) is 0. The van der Waals surface area contributed by atoms with Crippen LogP contribution in [-0.4, -0.2) is 43.8 Å². The molecule has 1 aliphatic heterocycles. The molecule has 0 aromatic heterocycles. The van der Waals surface area contributed by atoms with Crippen LogP contribution in [0.3, 0.4) is 0 Å². The number of hydrogen-bond donors (Lipinski definition) is 1. The van der Waals surface area contributed by atoms with Crippen LogP contribution in [0.25, 0.3) is 0 Å². The molecule has 1 saturated heterocycles. The van der Waals surface area contributed by atoms with Gasteiger partial charge in [-0.05, 0) is 6.92 Å². The molecule has 0 saturated carbocycles. The van der Waals surface area contributed by atoms with E-state index in [4.69, 9.17) is 4.74 Å². The van der Waals surface area contributed by atoms with Gasteiger partial charge in [0.2, 0.25) is 5.91 Å². The molecule has 1 fully saturated rings. The molecule has 0 aromatic carbocycles. The zero-order chi connectivity index (χ0) is 8.27. The predicted octanol–water partition coefficient (Wildman–Crippen LogP) is -0.589. The first-order valence-corrected chi connectivity index (χ1v) is 3.77. The summed E-state index contributed by atoms with van der Waals surface area (Å²) >= 11 is 0. The van der Waals surface area contributed by atoms with Gasteiger partial charge in [0.25, 0.3) is 0 Å². The minimum absolute atomic E-state index is 0.0214. The van der Waals surface area contributed by atoms with Crippen molar-refractivity contribution >= 4 is 5.91 Å². The van der Waals surface area contributed by atoms with Crippen LogP contribution >= 0.6 is 0 Å². The van der Waals surface area contributed by atoms with Crippen LogP contribution in [-0.2, 0) is 9.53 Å². The Hall–Kier alpha value is -0.610. The minimum atomic E-state index is -0.0214. The average Bonchev–Trinajstić information content (AvgIpc) is 2.31. The van der Waals surface area contributed by atoms with E-state index in [-0.39, 0.29) is 11.9 Å². The summed E-state index contributed by atoms with van der Waals surface area (Å²) in [6.45, 7) is 3.82. The average molecular weight is 158 g/mol. The van der Waals surface area contributed by atoms with Crippen molar-refractivity contribution < 1.29 is 9.53 Å². The van der Waals surface area contributed by atoms with Crippen LogP contribution in [0.1, 0.15) is 6.92 Å². The van der Waals surface area contributed by atoms with Gasteiger partial charge in [0, 0.05) is 13.7 Å². The van der Waals surface area contributed by atoms with Crippen molar-refractivity contribution in [2.45, 2.75) is 13.0 Å². The fourth-order valence-electron chi connectivity index (χ4n) is 1.08. The van der Waals surface area contributed by atoms with E-state index >= 15 is 0 Å². The number of nitrogens with one attached hydrogen (secondary N) is 1. The summed E-state index contributed by atoms with van der Waals surface area (Å²) in [7, 11) is 1.64. The number of rotatable bonds is 3. The molecule has 1 N–H and O–H groups in total. The predicted molar refractivity (Wildman–Crippen MR) is 41.1 cm³/mol. The molecular formula is C7H14N2O2. The van der Waals surface area contributed by atoms with E-state index in [0.29, 0.717) is 19.8 Å². The molecule has 1 rings (SSSR count). The van der Waals surface area contributed by atoms with Crippen LogP contribution in [0.5, 0.6) is 0 Å². The Bertz CT molecular complexity index is 149. The number of methoxy groups -OCH3 is 1. The Morgan fingerprint density at radius 2 is 2.55 bits per heavy atom. The molecule has 0 radical (unpaired) electrons. The van der Waals surface area contributed by atoms with Crippen molar-refractivity contribution in [3.05, 3.63) is 0 Å². The van der Waals surface area contributed by atoms with Gasteiger partial charge in [0.05, 0.1) is 19.3 Å². The second kappa shape index (κ2) is 3.69. The summed E-state index contributed by atoms with van der Waals surface area (Å²) in [6, 6.07) is -0.0214. The lowest BCUT2D eigenvalue weighted by atomic mass is 10.3. The van der Waals surface area contributed by atoms with E-state index in [0.717, 1.165) is 0 Å². The first-order valence-electron chi connectivity index (χ1n) is 3.77. The maximum absolute atomic E-state index is 11.2. The van der Waals surface area contributed by atoms with Gasteiger partial charge in [0.15, 0.2) is 0 Å². The molecule has 1 amide bonds. The molecule has 1 aliphatic rings. The summed E-state index contributed by atoms with van der Waals surface area (Å²) in [5, 5.41) is 3.05. The lowest BCUT2D eigenvalue weighted by molar-refractivity contribution is -0.129. The summed E-state index contributed by atoms with van der Waals surface area (Å²) in [5.74, 6) is 0.169. The van der Waals surface area contributed by atoms with Crippen molar-refractivity contribution in [1.82, 2.24) is 10.2 Å². The number of ether oxygens (including phenoxy) is 1. The van der Waals surface area contributed by atoms with E-state index in [1.807, 2.05) is 6.92 Å². The Balaban J connectivity index is 2.30. The summed E-state index contributed by atoms with van der Waals surface area (Å²) in [4.78, 5) is 13.0. The zero-order valence-corrected chi connectivity index (χ0v) is 6.96. The molecule has 0 spiro atoms. The highest BCUT2D eigenvalue weighted by molar-refractivity contribution is 5.83. The van der Waals surface area contributed by atoms with Crippen molar-refractivity contribution in [2.24, 2.45) is 0 Å². The third kappa shape index (κ3) is 1.91. The van der Waals surface area contributed by atoms with E-state index in [1.165, 1.54) is 0 Å². The topological polar surface area (TPSA) is 41.6 Å². The lowest BCUT2D eigenvalue weighted by Gasteiger charge is -2.13. The van der Waals surface area contributed by atoms with Gasteiger partial charge in [-0.25, -0.2) is 0 Å². The zero-order valence-electron chi connectivity index (χ0n) is 6.96. The first-order chi connectivity index (χ1) is 5.25. The molecule has 0 aliphatic carbocycles. The van der Waals surface area contributed by atoms with Gasteiger partial charge >= 0.3 is 0 Å². The van der Waals surface area contributed by atoms with Gasteiger partial charge in [-0.1, -0.05) is 0 Å². The highest BCUT2D eigenvalue weighted by Crippen LogP contribution is 2.01. The molecule has 4 nitrogen and oxygen atoms in total. The van der Waals surface area contributed by atoms with Crippen LogP contribution in [0.15, 0.2) is 0 Å². The van der Waals surface area contributed by atoms with Crippen LogP contribution in [0.2, 0.25) is 0 Å². The van der Waals surface area contributed by atoms with Gasteiger partial charge in [0.1, 0.15) is 0 Å². The summed E-state index contributed by atoms with van der Waals surface area (Å²) < 4.78 is 4.87. The van der Waals surface area contributed by atoms with Crippen molar-refractivity contribution in [3.63, 3.8) is 0 Å². The Kier molecular flexibility index (Phi) is 2.84. The number of carbonyl (C=O) groups excluding carboxylic acids is 1. The molecule has 1 unspecified atom stereocenters. The number of nitrogens with zero attached hydrogens (tertiary/aromatic N) is 1. The molecule has 1 heterocycles. The standard InChI is InChI=1S/C7H14N2O2/c1-6-7(10)9(5-8-6)3-4-11-2/h6,8H,3-5H2,1-2H3. The van der Waals surface area contributed by atoms with Crippen molar-refractivity contribution in [1.29, 1.82) is 0 Å². The Labute approximate surface area is 66.5 Å². The smallest absolute Gasteiger partial charge is 0.240 e. The highest BCUT2D eigenvalue weighted by atomic mass is 16.5. The van der Waals surface area contributed by atoms with Gasteiger partial charge in [-0.15, -0.1) is 0 Å². The lowest BCUT2D eigenvalue weighted by Crippen LogP contribution is -2.31. The molecular weight excluding hydrogens is 144 g/mol. The molecule has 4 heteroatoms. The Morgan fingerprint density at radius 3 is 3.00 bits per heavy atom. The van der Waals surface area contributed by atoms with E-state index in [1.54, 1.807) is 12.0 Å². The van der Waals surface area contributed by atoms with Crippen LogP contribution in [0.4, 0.5) is 0 Å². The number of carbonyl (C=O) groups is 1. The van der Waals surface area contributed by atoms with Crippen LogP contribution < -0.4 is 5.32 Å². The summed E-state index contributed by atoms with van der Waals surface area (Å²) in [5.41, 5.74) is 0. The van der Waals surface area contributed by atoms with Gasteiger partial charge in [-0.3, -0.25) is 10.1 Å². The maximum atomic E-state index is 11.2.